The molecule has 1 aliphatic heterocycles. The Morgan fingerprint density at radius 1 is 1.15 bits per heavy atom. The molecule has 1 saturated carbocycles. The average molecular weight is 366 g/mol. The second-order valence-corrected chi connectivity index (χ2v) is 7.55. The lowest BCUT2D eigenvalue weighted by Crippen LogP contribution is -2.40. The number of carbonyl (C=O) groups excluding carboxylic acids is 2. The van der Waals surface area contributed by atoms with Crippen LogP contribution in [0.1, 0.15) is 55.3 Å². The minimum absolute atomic E-state index is 0.127. The second kappa shape index (κ2) is 7.94. The van der Waals surface area contributed by atoms with E-state index < -0.39 is 0 Å². The van der Waals surface area contributed by atoms with Crippen molar-refractivity contribution >= 4 is 11.8 Å². The SMILES string of the molecule is O=C(NC1CC(=O)N(C2CCCCCC2)C1)c1ccccc1-c1ncc[nH]1. The van der Waals surface area contributed by atoms with E-state index in [1.54, 1.807) is 18.5 Å². The van der Waals surface area contributed by atoms with Crippen molar-refractivity contribution in [3.05, 3.63) is 42.2 Å². The second-order valence-electron chi connectivity index (χ2n) is 7.55. The van der Waals surface area contributed by atoms with E-state index in [1.165, 1.54) is 25.7 Å². The molecule has 6 nitrogen and oxygen atoms in total. The lowest BCUT2D eigenvalue weighted by atomic mass is 10.1. The molecule has 6 heteroatoms. The molecule has 2 amide bonds. The quantitative estimate of drug-likeness (QED) is 0.816. The molecule has 1 saturated heterocycles. The summed E-state index contributed by atoms with van der Waals surface area (Å²) in [5.41, 5.74) is 1.35. The zero-order chi connectivity index (χ0) is 18.6. The highest BCUT2D eigenvalue weighted by Crippen LogP contribution is 2.26. The third-order valence-electron chi connectivity index (χ3n) is 5.68. The van der Waals surface area contributed by atoms with E-state index in [1.807, 2.05) is 23.1 Å². The van der Waals surface area contributed by atoms with E-state index in [0.717, 1.165) is 18.4 Å². The van der Waals surface area contributed by atoms with Crippen molar-refractivity contribution in [1.29, 1.82) is 0 Å². The van der Waals surface area contributed by atoms with Crippen LogP contribution in [-0.2, 0) is 4.79 Å². The highest BCUT2D eigenvalue weighted by Gasteiger charge is 2.35. The molecule has 1 aliphatic carbocycles. The van der Waals surface area contributed by atoms with Gasteiger partial charge in [0.2, 0.25) is 5.91 Å². The Morgan fingerprint density at radius 2 is 1.93 bits per heavy atom. The van der Waals surface area contributed by atoms with Crippen LogP contribution in [0, 0.1) is 0 Å². The molecule has 0 radical (unpaired) electrons. The molecule has 142 valence electrons. The third-order valence-corrected chi connectivity index (χ3v) is 5.68. The van der Waals surface area contributed by atoms with E-state index in [0.29, 0.717) is 30.4 Å². The number of likely N-dealkylation sites (tertiary alicyclic amines) is 1. The number of aromatic amines is 1. The highest BCUT2D eigenvalue weighted by atomic mass is 16.2. The Hall–Kier alpha value is -2.63. The first-order valence-electron chi connectivity index (χ1n) is 9.91. The molecule has 2 aromatic rings. The van der Waals surface area contributed by atoms with Crippen LogP contribution in [0.25, 0.3) is 11.4 Å². The maximum absolute atomic E-state index is 12.9. The molecule has 1 atom stereocenters. The molecule has 27 heavy (non-hydrogen) atoms. The Balaban J connectivity index is 1.44. The molecule has 2 N–H and O–H groups in total. The van der Waals surface area contributed by atoms with Crippen LogP contribution in [0.4, 0.5) is 0 Å². The lowest BCUT2D eigenvalue weighted by molar-refractivity contribution is -0.129. The molecule has 1 aromatic heterocycles. The minimum Gasteiger partial charge on any atom is -0.347 e. The van der Waals surface area contributed by atoms with Crippen LogP contribution in [0.15, 0.2) is 36.7 Å². The van der Waals surface area contributed by atoms with Crippen LogP contribution >= 0.6 is 0 Å². The van der Waals surface area contributed by atoms with Crippen LogP contribution in [-0.4, -0.2) is 45.3 Å². The summed E-state index contributed by atoms with van der Waals surface area (Å²) in [5.74, 6) is 0.692. The van der Waals surface area contributed by atoms with Gasteiger partial charge in [0.25, 0.3) is 5.91 Å². The summed E-state index contributed by atoms with van der Waals surface area (Å²) in [6.07, 6.45) is 10.9. The fourth-order valence-electron chi connectivity index (χ4n) is 4.31. The monoisotopic (exact) mass is 366 g/mol. The average Bonchev–Trinajstić information content (AvgIpc) is 3.25. The normalized spacial score (nSPS) is 21.3. The summed E-state index contributed by atoms with van der Waals surface area (Å²) in [7, 11) is 0. The highest BCUT2D eigenvalue weighted by molar-refractivity contribution is 6.00. The van der Waals surface area contributed by atoms with Gasteiger partial charge in [-0.2, -0.15) is 0 Å². The molecule has 1 aromatic carbocycles. The molecular weight excluding hydrogens is 340 g/mol. The third kappa shape index (κ3) is 3.89. The first-order chi connectivity index (χ1) is 13.2. The van der Waals surface area contributed by atoms with Crippen molar-refractivity contribution in [3.8, 4) is 11.4 Å². The van der Waals surface area contributed by atoms with E-state index >= 15 is 0 Å². The predicted octanol–water partition coefficient (Wildman–Crippen LogP) is 3.13. The van der Waals surface area contributed by atoms with Gasteiger partial charge < -0.3 is 15.2 Å². The van der Waals surface area contributed by atoms with Crippen LogP contribution in [0.5, 0.6) is 0 Å². The first kappa shape index (κ1) is 17.8. The standard InChI is InChI=1S/C21H26N4O2/c26-19-13-15(14-25(19)16-7-3-1-2-4-8-16)24-21(27)18-10-6-5-9-17(18)20-22-11-12-23-20/h5-6,9-12,15-16H,1-4,7-8,13-14H2,(H,22,23)(H,24,27). The number of H-pyrrole nitrogens is 1. The zero-order valence-corrected chi connectivity index (χ0v) is 15.5. The molecule has 1 unspecified atom stereocenters. The molecule has 0 spiro atoms. The van der Waals surface area contributed by atoms with Gasteiger partial charge in [-0.25, -0.2) is 4.98 Å². The van der Waals surface area contributed by atoms with Crippen LogP contribution < -0.4 is 5.32 Å². The Kier molecular flexibility index (Phi) is 5.23. The fourth-order valence-corrected chi connectivity index (χ4v) is 4.31. The van der Waals surface area contributed by atoms with Gasteiger partial charge >= 0.3 is 0 Å². The molecule has 2 fully saturated rings. The van der Waals surface area contributed by atoms with E-state index in [4.69, 9.17) is 0 Å². The molecule has 2 aliphatic rings. The number of benzene rings is 1. The number of nitrogens with zero attached hydrogens (tertiary/aromatic N) is 2. The summed E-state index contributed by atoms with van der Waals surface area (Å²) < 4.78 is 0. The number of rotatable bonds is 4. The molecule has 0 bridgehead atoms. The molecular formula is C21H26N4O2. The summed E-state index contributed by atoms with van der Waals surface area (Å²) in [4.78, 5) is 34.7. The Morgan fingerprint density at radius 3 is 2.67 bits per heavy atom. The van der Waals surface area contributed by atoms with Gasteiger partial charge in [0.05, 0.1) is 11.6 Å². The van der Waals surface area contributed by atoms with Gasteiger partial charge in [-0.3, -0.25) is 9.59 Å². The fraction of sp³-hybridized carbons (Fsp3) is 0.476. The van der Waals surface area contributed by atoms with Gasteiger partial charge in [-0.05, 0) is 18.9 Å². The van der Waals surface area contributed by atoms with Gasteiger partial charge in [-0.1, -0.05) is 43.9 Å². The maximum atomic E-state index is 12.9. The number of carbonyl (C=O) groups is 2. The number of imidazole rings is 1. The largest absolute Gasteiger partial charge is 0.347 e. The topological polar surface area (TPSA) is 78.1 Å². The summed E-state index contributed by atoms with van der Waals surface area (Å²) in [6.45, 7) is 0.623. The van der Waals surface area contributed by atoms with Gasteiger partial charge in [-0.15, -0.1) is 0 Å². The van der Waals surface area contributed by atoms with Gasteiger partial charge in [0, 0.05) is 37.0 Å². The first-order valence-corrected chi connectivity index (χ1v) is 9.91. The Bertz CT molecular complexity index is 794. The van der Waals surface area contributed by atoms with Crippen LogP contribution in [0.3, 0.4) is 0 Å². The summed E-state index contributed by atoms with van der Waals surface area (Å²) in [5, 5.41) is 3.07. The number of aromatic nitrogens is 2. The van der Waals surface area contributed by atoms with Crippen LogP contribution in [0.2, 0.25) is 0 Å². The van der Waals surface area contributed by atoms with Crippen molar-refractivity contribution in [2.45, 2.75) is 57.0 Å². The minimum atomic E-state index is -0.150. The van der Waals surface area contributed by atoms with Gasteiger partial charge in [0.1, 0.15) is 5.82 Å². The van der Waals surface area contributed by atoms with Crippen molar-refractivity contribution in [2.75, 3.05) is 6.54 Å². The van der Waals surface area contributed by atoms with E-state index in [-0.39, 0.29) is 17.9 Å². The van der Waals surface area contributed by atoms with Crippen molar-refractivity contribution in [2.24, 2.45) is 0 Å². The number of hydrogen-bond donors (Lipinski definition) is 2. The van der Waals surface area contributed by atoms with E-state index in [2.05, 4.69) is 15.3 Å². The van der Waals surface area contributed by atoms with Crippen molar-refractivity contribution < 1.29 is 9.59 Å². The van der Waals surface area contributed by atoms with Gasteiger partial charge in [0.15, 0.2) is 0 Å². The summed E-state index contributed by atoms with van der Waals surface area (Å²) >= 11 is 0. The van der Waals surface area contributed by atoms with Crippen molar-refractivity contribution in [1.82, 2.24) is 20.2 Å². The summed E-state index contributed by atoms with van der Waals surface area (Å²) in [6, 6.07) is 7.63. The number of hydrogen-bond acceptors (Lipinski definition) is 3. The van der Waals surface area contributed by atoms with Crippen molar-refractivity contribution in [3.63, 3.8) is 0 Å². The molecule has 4 rings (SSSR count). The smallest absolute Gasteiger partial charge is 0.252 e. The maximum Gasteiger partial charge on any atom is 0.252 e. The van der Waals surface area contributed by atoms with E-state index in [9.17, 15) is 9.59 Å². The Labute approximate surface area is 159 Å². The predicted molar refractivity (Wildman–Crippen MR) is 103 cm³/mol. The number of nitrogens with one attached hydrogen (secondary N) is 2. The molecule has 2 heterocycles. The number of amides is 2. The lowest BCUT2D eigenvalue weighted by Gasteiger charge is -2.27. The zero-order valence-electron chi connectivity index (χ0n) is 15.5.